The fraction of sp³-hybridized carbons (Fsp3) is 0.333. The summed E-state index contributed by atoms with van der Waals surface area (Å²) in [4.78, 5) is 39.7. The number of H-pyrrole nitrogens is 1. The van der Waals surface area contributed by atoms with Crippen LogP contribution in [0.2, 0.25) is 0 Å². The third-order valence-electron chi connectivity index (χ3n) is 5.12. The van der Waals surface area contributed by atoms with Crippen molar-refractivity contribution in [2.24, 2.45) is 12.8 Å². The number of fused-ring (bicyclic) bond motifs is 1. The van der Waals surface area contributed by atoms with Gasteiger partial charge < -0.3 is 10.7 Å². The lowest BCUT2D eigenvalue weighted by atomic mass is 10.1. The van der Waals surface area contributed by atoms with Crippen molar-refractivity contribution in [2.45, 2.75) is 36.7 Å². The molecular weight excluding hydrogens is 412 g/mol. The minimum absolute atomic E-state index is 0.0723. The fourth-order valence-corrected chi connectivity index (χ4v) is 4.75. The first-order chi connectivity index (χ1) is 14.0. The molecule has 0 saturated heterocycles. The first-order valence-corrected chi connectivity index (χ1v) is 10.6. The lowest BCUT2D eigenvalue weighted by Crippen LogP contribution is -2.37. The average molecular weight is 432 g/mol. The van der Waals surface area contributed by atoms with Gasteiger partial charge in [0, 0.05) is 24.3 Å². The van der Waals surface area contributed by atoms with E-state index in [9.17, 15) is 22.8 Å². The van der Waals surface area contributed by atoms with E-state index in [2.05, 4.69) is 14.8 Å². The zero-order chi connectivity index (χ0) is 21.8. The number of hydrogen-bond donors (Lipinski definition) is 3. The summed E-state index contributed by atoms with van der Waals surface area (Å²) >= 11 is 0. The summed E-state index contributed by atoms with van der Waals surface area (Å²) in [5.41, 5.74) is 3.61. The van der Waals surface area contributed by atoms with E-state index in [1.807, 2.05) is 0 Å². The Bertz CT molecular complexity index is 1410. The number of nitrogens with zero attached hydrogens (tertiary/aromatic N) is 3. The van der Waals surface area contributed by atoms with E-state index in [1.165, 1.54) is 10.9 Å². The number of hydrogen-bond acceptors (Lipinski definition) is 6. The zero-order valence-electron chi connectivity index (χ0n) is 16.3. The molecule has 1 fully saturated rings. The molecule has 12 heteroatoms. The van der Waals surface area contributed by atoms with Gasteiger partial charge in [-0.25, -0.2) is 17.9 Å². The highest BCUT2D eigenvalue weighted by molar-refractivity contribution is 7.89. The first kappa shape index (κ1) is 20.0. The Balaban J connectivity index is 1.93. The Hall–Kier alpha value is -3.25. The number of benzene rings is 1. The van der Waals surface area contributed by atoms with Crippen molar-refractivity contribution in [3.8, 4) is 0 Å². The number of carbonyl (C=O) groups is 1. The second kappa shape index (κ2) is 6.64. The third kappa shape index (κ3) is 3.55. The molecule has 0 unspecified atom stereocenters. The van der Waals surface area contributed by atoms with Crippen molar-refractivity contribution >= 4 is 26.8 Å². The van der Waals surface area contributed by atoms with Gasteiger partial charge in [-0.15, -0.1) is 0 Å². The first-order valence-electron chi connectivity index (χ1n) is 9.11. The number of amides is 1. The predicted molar refractivity (Wildman–Crippen MR) is 108 cm³/mol. The summed E-state index contributed by atoms with van der Waals surface area (Å²) in [7, 11) is -2.31. The van der Waals surface area contributed by atoms with Crippen molar-refractivity contribution < 1.29 is 13.2 Å². The summed E-state index contributed by atoms with van der Waals surface area (Å²) in [6.07, 6.45) is 4.53. The van der Waals surface area contributed by atoms with Crippen molar-refractivity contribution in [1.82, 2.24) is 24.1 Å². The standard InChI is InChI=1S/C18H20N6O5S/c1-18(3-4-18)22-30(28,29)11-5-12(15(19)25)14-13(6-11)16(26)24(17(27)21-14)9-10-7-20-23(2)8-10/h5-8,22H,3-4,9H2,1-2H3,(H2,19,25)(H,21,27). The van der Waals surface area contributed by atoms with Crippen LogP contribution in [0.3, 0.4) is 0 Å². The van der Waals surface area contributed by atoms with Crippen LogP contribution in [0.25, 0.3) is 10.9 Å². The molecule has 0 aliphatic heterocycles. The summed E-state index contributed by atoms with van der Waals surface area (Å²) in [5, 5.41) is 3.87. The Morgan fingerprint density at radius 1 is 1.33 bits per heavy atom. The summed E-state index contributed by atoms with van der Waals surface area (Å²) in [6.45, 7) is 1.69. The molecule has 1 aromatic carbocycles. The molecule has 4 rings (SSSR count). The minimum atomic E-state index is -4.01. The highest BCUT2D eigenvalue weighted by Crippen LogP contribution is 2.36. The molecule has 4 N–H and O–H groups in total. The molecule has 0 bridgehead atoms. The normalized spacial score (nSPS) is 15.4. The van der Waals surface area contributed by atoms with Crippen LogP contribution < -0.4 is 21.7 Å². The lowest BCUT2D eigenvalue weighted by Gasteiger charge is -2.14. The Labute approximate surface area is 170 Å². The van der Waals surface area contributed by atoms with Crippen LogP contribution >= 0.6 is 0 Å². The molecule has 0 atom stereocenters. The molecule has 2 heterocycles. The van der Waals surface area contributed by atoms with Crippen LogP contribution in [-0.2, 0) is 23.6 Å². The molecule has 3 aromatic rings. The van der Waals surface area contributed by atoms with Gasteiger partial charge in [-0.1, -0.05) is 0 Å². The van der Waals surface area contributed by atoms with E-state index in [0.717, 1.165) is 16.7 Å². The van der Waals surface area contributed by atoms with E-state index >= 15 is 0 Å². The molecule has 1 aliphatic carbocycles. The van der Waals surface area contributed by atoms with Gasteiger partial charge >= 0.3 is 5.69 Å². The van der Waals surface area contributed by atoms with Gasteiger partial charge in [0.25, 0.3) is 11.5 Å². The maximum Gasteiger partial charge on any atom is 0.329 e. The summed E-state index contributed by atoms with van der Waals surface area (Å²) < 4.78 is 30.6. The molecular formula is C18H20N6O5S. The number of aryl methyl sites for hydroxylation is 1. The predicted octanol–water partition coefficient (Wildman–Crippen LogP) is -0.599. The maximum absolute atomic E-state index is 13.1. The second-order valence-corrected chi connectivity index (χ2v) is 9.45. The molecule has 0 radical (unpaired) electrons. The van der Waals surface area contributed by atoms with Crippen LogP contribution in [-0.4, -0.2) is 39.2 Å². The number of nitrogens with two attached hydrogens (primary N) is 1. The van der Waals surface area contributed by atoms with Crippen molar-refractivity contribution in [1.29, 1.82) is 0 Å². The number of carbonyl (C=O) groups excluding carboxylic acids is 1. The molecule has 11 nitrogen and oxygen atoms in total. The fourth-order valence-electron chi connectivity index (χ4n) is 3.23. The van der Waals surface area contributed by atoms with Crippen LogP contribution in [0.4, 0.5) is 0 Å². The summed E-state index contributed by atoms with van der Waals surface area (Å²) in [6, 6.07) is 2.22. The molecule has 2 aromatic heterocycles. The van der Waals surface area contributed by atoms with E-state index < -0.39 is 32.7 Å². The summed E-state index contributed by atoms with van der Waals surface area (Å²) in [5.74, 6) is -0.963. The van der Waals surface area contributed by atoms with Gasteiger partial charge in [0.1, 0.15) is 0 Å². The van der Waals surface area contributed by atoms with Crippen molar-refractivity contribution in [2.75, 3.05) is 0 Å². The molecule has 158 valence electrons. The third-order valence-corrected chi connectivity index (χ3v) is 6.74. The van der Waals surface area contributed by atoms with Gasteiger partial charge in [-0.05, 0) is 31.9 Å². The van der Waals surface area contributed by atoms with Crippen molar-refractivity contribution in [3.05, 3.63) is 56.5 Å². The van der Waals surface area contributed by atoms with Crippen molar-refractivity contribution in [3.63, 3.8) is 0 Å². The van der Waals surface area contributed by atoms with E-state index in [4.69, 9.17) is 5.73 Å². The lowest BCUT2D eigenvalue weighted by molar-refractivity contribution is 0.100. The molecule has 30 heavy (non-hydrogen) atoms. The van der Waals surface area contributed by atoms with Crippen LogP contribution in [0, 0.1) is 0 Å². The number of rotatable bonds is 6. The number of sulfonamides is 1. The quantitative estimate of drug-likeness (QED) is 0.471. The number of primary amides is 1. The van der Waals surface area contributed by atoms with Gasteiger partial charge in [0.05, 0.1) is 34.1 Å². The Morgan fingerprint density at radius 2 is 2.03 bits per heavy atom. The van der Waals surface area contributed by atoms with Crippen LogP contribution in [0.5, 0.6) is 0 Å². The largest absolute Gasteiger partial charge is 0.366 e. The Morgan fingerprint density at radius 3 is 2.60 bits per heavy atom. The second-order valence-electron chi connectivity index (χ2n) is 7.77. The smallest absolute Gasteiger partial charge is 0.329 e. The van der Waals surface area contributed by atoms with E-state index in [-0.39, 0.29) is 27.9 Å². The highest BCUT2D eigenvalue weighted by Gasteiger charge is 2.41. The SMILES string of the molecule is Cn1cc(Cn2c(=O)[nH]c3c(C(N)=O)cc(S(=O)(=O)NC4(C)CC4)cc3c2=O)cn1. The monoisotopic (exact) mass is 432 g/mol. The topological polar surface area (TPSA) is 162 Å². The maximum atomic E-state index is 13.1. The number of aromatic amines is 1. The molecule has 1 amide bonds. The average Bonchev–Trinajstić information content (AvgIpc) is 3.22. The van der Waals surface area contributed by atoms with Gasteiger partial charge in [-0.3, -0.25) is 18.8 Å². The Kier molecular flexibility index (Phi) is 4.43. The van der Waals surface area contributed by atoms with Gasteiger partial charge in [0.15, 0.2) is 0 Å². The highest BCUT2D eigenvalue weighted by atomic mass is 32.2. The van der Waals surface area contributed by atoms with Crippen LogP contribution in [0.1, 0.15) is 35.7 Å². The zero-order valence-corrected chi connectivity index (χ0v) is 17.1. The minimum Gasteiger partial charge on any atom is -0.366 e. The molecule has 1 aliphatic rings. The molecule has 1 saturated carbocycles. The van der Waals surface area contributed by atoms with E-state index in [0.29, 0.717) is 18.4 Å². The number of nitrogens with one attached hydrogen (secondary N) is 2. The van der Waals surface area contributed by atoms with Crippen LogP contribution in [0.15, 0.2) is 39.0 Å². The van der Waals surface area contributed by atoms with E-state index in [1.54, 1.807) is 20.2 Å². The number of aromatic nitrogens is 4. The molecule has 0 spiro atoms. The van der Waals surface area contributed by atoms with Gasteiger partial charge in [0.2, 0.25) is 10.0 Å². The van der Waals surface area contributed by atoms with Gasteiger partial charge in [-0.2, -0.15) is 5.10 Å².